The van der Waals surface area contributed by atoms with Gasteiger partial charge in [-0.3, -0.25) is 0 Å². The molecule has 0 aliphatic heterocycles. The van der Waals surface area contributed by atoms with Crippen molar-refractivity contribution < 1.29 is 8.42 Å². The Labute approximate surface area is 117 Å². The minimum atomic E-state index is -3.23. The molecule has 0 aromatic rings. The van der Waals surface area contributed by atoms with E-state index in [2.05, 4.69) is 0 Å². The second-order valence-electron chi connectivity index (χ2n) is 6.05. The molecule has 0 rings (SSSR count). The van der Waals surface area contributed by atoms with Gasteiger partial charge in [-0.25, -0.2) is 8.42 Å². The van der Waals surface area contributed by atoms with Gasteiger partial charge in [0, 0.05) is 19.0 Å². The van der Waals surface area contributed by atoms with Crippen LogP contribution in [0.25, 0.3) is 0 Å². The first kappa shape index (κ1) is 17.8. The lowest BCUT2D eigenvalue weighted by Crippen LogP contribution is -2.40. The average molecular weight is 294 g/mol. The quantitative estimate of drug-likeness (QED) is 0.731. The van der Waals surface area contributed by atoms with Gasteiger partial charge < -0.3 is 5.73 Å². The highest BCUT2D eigenvalue weighted by atomic mass is 32.2. The van der Waals surface area contributed by atoms with Gasteiger partial charge in [-0.2, -0.15) is 4.31 Å². The molecule has 0 aliphatic carbocycles. The minimum Gasteiger partial charge on any atom is -0.393 e. The van der Waals surface area contributed by atoms with E-state index in [-0.39, 0.29) is 17.2 Å². The number of thiocarbonyl (C=S) groups is 1. The highest BCUT2D eigenvalue weighted by Crippen LogP contribution is 2.21. The second kappa shape index (κ2) is 6.82. The summed E-state index contributed by atoms with van der Waals surface area (Å²) in [6, 6.07) is -0.0654. The van der Waals surface area contributed by atoms with Crippen LogP contribution in [0, 0.1) is 5.41 Å². The molecule has 4 nitrogen and oxygen atoms in total. The maximum absolute atomic E-state index is 12.3. The molecule has 0 unspecified atom stereocenters. The standard InChI is InChI=1S/C12H26N2O2S2/c1-10(2)14(8-6-11(13)17)18(15,16)9-7-12(3,4)5/h10H,6-9H2,1-5H3,(H2,13,17). The molecule has 0 fully saturated rings. The minimum absolute atomic E-state index is 0.0128. The molecule has 0 spiro atoms. The van der Waals surface area contributed by atoms with E-state index in [0.717, 1.165) is 0 Å². The first-order valence-electron chi connectivity index (χ1n) is 6.23. The Balaban J connectivity index is 4.72. The number of hydrogen-bond acceptors (Lipinski definition) is 3. The SMILES string of the molecule is CC(C)N(CCC(N)=S)S(=O)(=O)CCC(C)(C)C. The Kier molecular flexibility index (Phi) is 6.74. The normalized spacial score (nSPS) is 13.3. The van der Waals surface area contributed by atoms with Crippen molar-refractivity contribution in [2.75, 3.05) is 12.3 Å². The van der Waals surface area contributed by atoms with E-state index in [4.69, 9.17) is 18.0 Å². The molecule has 0 aromatic heterocycles. The van der Waals surface area contributed by atoms with E-state index in [9.17, 15) is 8.42 Å². The van der Waals surface area contributed by atoms with Crippen LogP contribution in [0.3, 0.4) is 0 Å². The Morgan fingerprint density at radius 3 is 2.17 bits per heavy atom. The van der Waals surface area contributed by atoms with Crippen LogP contribution in [0.5, 0.6) is 0 Å². The second-order valence-corrected chi connectivity index (χ2v) is 8.61. The fourth-order valence-corrected chi connectivity index (χ4v) is 3.70. The molecule has 0 atom stereocenters. The van der Waals surface area contributed by atoms with E-state index in [0.29, 0.717) is 24.4 Å². The summed E-state index contributed by atoms with van der Waals surface area (Å²) in [7, 11) is -3.23. The van der Waals surface area contributed by atoms with Gasteiger partial charge in [-0.05, 0) is 25.7 Å². The van der Waals surface area contributed by atoms with Gasteiger partial charge >= 0.3 is 0 Å². The van der Waals surface area contributed by atoms with Crippen molar-refractivity contribution in [2.24, 2.45) is 11.1 Å². The third-order valence-corrected chi connectivity index (χ3v) is 4.86. The Morgan fingerprint density at radius 1 is 1.33 bits per heavy atom. The topological polar surface area (TPSA) is 63.4 Å². The van der Waals surface area contributed by atoms with Crippen LogP contribution < -0.4 is 5.73 Å². The fourth-order valence-electron chi connectivity index (χ4n) is 1.49. The summed E-state index contributed by atoms with van der Waals surface area (Å²) in [6.07, 6.45) is 1.08. The van der Waals surface area contributed by atoms with Crippen molar-refractivity contribution in [3.05, 3.63) is 0 Å². The molecule has 2 N–H and O–H groups in total. The molecule has 0 heterocycles. The summed E-state index contributed by atoms with van der Waals surface area (Å²) in [5.41, 5.74) is 5.45. The maximum Gasteiger partial charge on any atom is 0.214 e. The zero-order valence-corrected chi connectivity index (χ0v) is 13.7. The number of nitrogens with two attached hydrogens (primary N) is 1. The van der Waals surface area contributed by atoms with Crippen LogP contribution in [0.1, 0.15) is 47.5 Å². The molecule has 0 aromatic carbocycles. The number of hydrogen-bond donors (Lipinski definition) is 1. The van der Waals surface area contributed by atoms with Crippen molar-refractivity contribution in [1.82, 2.24) is 4.31 Å². The molecule has 0 saturated heterocycles. The van der Waals surface area contributed by atoms with Crippen molar-refractivity contribution >= 4 is 27.2 Å². The Morgan fingerprint density at radius 2 is 1.83 bits per heavy atom. The smallest absolute Gasteiger partial charge is 0.214 e. The first-order valence-corrected chi connectivity index (χ1v) is 8.25. The third kappa shape index (κ3) is 7.28. The molecule has 0 bridgehead atoms. The summed E-state index contributed by atoms with van der Waals surface area (Å²) >= 11 is 4.80. The Bertz CT molecular complexity index is 370. The van der Waals surface area contributed by atoms with Gasteiger partial charge in [0.25, 0.3) is 0 Å². The monoisotopic (exact) mass is 294 g/mol. The highest BCUT2D eigenvalue weighted by molar-refractivity contribution is 7.89. The first-order chi connectivity index (χ1) is 7.96. The lowest BCUT2D eigenvalue weighted by Gasteiger charge is -2.27. The van der Waals surface area contributed by atoms with Crippen LogP contribution >= 0.6 is 12.2 Å². The molecule has 0 amide bonds. The largest absolute Gasteiger partial charge is 0.393 e. The molecule has 18 heavy (non-hydrogen) atoms. The van der Waals surface area contributed by atoms with Crippen LogP contribution in [0.15, 0.2) is 0 Å². The predicted octanol–water partition coefficient (Wildman–Crippen LogP) is 2.14. The van der Waals surface area contributed by atoms with E-state index in [1.807, 2.05) is 34.6 Å². The van der Waals surface area contributed by atoms with Crippen LogP contribution in [0.4, 0.5) is 0 Å². The van der Waals surface area contributed by atoms with Gasteiger partial charge in [0.2, 0.25) is 10.0 Å². The third-order valence-electron chi connectivity index (χ3n) is 2.62. The van der Waals surface area contributed by atoms with Gasteiger partial charge in [-0.15, -0.1) is 0 Å². The summed E-state index contributed by atoms with van der Waals surface area (Å²) in [5, 5.41) is 0. The van der Waals surface area contributed by atoms with Crippen molar-refractivity contribution in [1.29, 1.82) is 0 Å². The average Bonchev–Trinajstić information content (AvgIpc) is 2.12. The Hall–Kier alpha value is -0.200. The van der Waals surface area contributed by atoms with E-state index >= 15 is 0 Å². The maximum atomic E-state index is 12.3. The highest BCUT2D eigenvalue weighted by Gasteiger charge is 2.26. The van der Waals surface area contributed by atoms with Gasteiger partial charge in [-0.1, -0.05) is 33.0 Å². The van der Waals surface area contributed by atoms with Crippen molar-refractivity contribution in [3.8, 4) is 0 Å². The van der Waals surface area contributed by atoms with Crippen LogP contribution in [0.2, 0.25) is 0 Å². The summed E-state index contributed by atoms with van der Waals surface area (Å²) in [6.45, 7) is 10.2. The van der Waals surface area contributed by atoms with Gasteiger partial charge in [0.1, 0.15) is 0 Å². The van der Waals surface area contributed by atoms with Crippen molar-refractivity contribution in [2.45, 2.75) is 53.5 Å². The predicted molar refractivity (Wildman–Crippen MR) is 81.1 cm³/mol. The van der Waals surface area contributed by atoms with Gasteiger partial charge in [0.15, 0.2) is 0 Å². The molecule has 6 heteroatoms. The molecule has 0 aliphatic rings. The zero-order valence-electron chi connectivity index (χ0n) is 12.1. The molecular formula is C12H26N2O2S2. The van der Waals surface area contributed by atoms with E-state index in [1.165, 1.54) is 4.31 Å². The summed E-state index contributed by atoms with van der Waals surface area (Å²) in [5.74, 6) is 0.173. The lowest BCUT2D eigenvalue weighted by molar-refractivity contribution is 0.350. The van der Waals surface area contributed by atoms with E-state index < -0.39 is 10.0 Å². The van der Waals surface area contributed by atoms with Crippen LogP contribution in [-0.4, -0.2) is 36.1 Å². The molecule has 0 radical (unpaired) electrons. The number of nitrogens with zero attached hydrogens (tertiary/aromatic N) is 1. The zero-order chi connectivity index (χ0) is 14.6. The fraction of sp³-hybridized carbons (Fsp3) is 0.917. The van der Waals surface area contributed by atoms with E-state index in [1.54, 1.807) is 0 Å². The lowest BCUT2D eigenvalue weighted by atomic mass is 9.94. The molecule has 108 valence electrons. The number of rotatable bonds is 7. The van der Waals surface area contributed by atoms with Crippen LogP contribution in [-0.2, 0) is 10.0 Å². The number of sulfonamides is 1. The molecular weight excluding hydrogens is 268 g/mol. The summed E-state index contributed by atoms with van der Waals surface area (Å²) in [4.78, 5) is 0.353. The van der Waals surface area contributed by atoms with Gasteiger partial charge in [0.05, 0.1) is 10.7 Å². The molecule has 0 saturated carbocycles. The van der Waals surface area contributed by atoms with Crippen molar-refractivity contribution in [3.63, 3.8) is 0 Å². The summed E-state index contributed by atoms with van der Waals surface area (Å²) < 4.78 is 26.0.